The normalized spacial score (nSPS) is 11.5. The minimum atomic E-state index is 0.705. The molecule has 0 rings (SSSR count). The van der Waals surface area contributed by atoms with Crippen molar-refractivity contribution in [3.8, 4) is 0 Å². The number of aldehydes is 1. The predicted molar refractivity (Wildman–Crippen MR) is 47.1 cm³/mol. The molecule has 2 nitrogen and oxygen atoms in total. The summed E-state index contributed by atoms with van der Waals surface area (Å²) in [6, 6.07) is 0. The number of carbonyl (C=O) groups is 1. The predicted octanol–water partition coefficient (Wildman–Crippen LogP) is 2.00. The zero-order chi connectivity index (χ0) is 8.53. The molecule has 0 aliphatic heterocycles. The quantitative estimate of drug-likeness (QED) is 0.362. The molecule has 2 N–H and O–H groups in total. The van der Waals surface area contributed by atoms with E-state index in [1.807, 2.05) is 0 Å². The van der Waals surface area contributed by atoms with Gasteiger partial charge in [0.05, 0.1) is 0 Å². The molecule has 0 unspecified atom stereocenters. The number of hydrogen-bond donors (Lipinski definition) is 1. The summed E-state index contributed by atoms with van der Waals surface area (Å²) < 4.78 is 0. The number of nitrogens with two attached hydrogens (primary N) is 1. The summed E-state index contributed by atoms with van der Waals surface area (Å²) >= 11 is 0. The van der Waals surface area contributed by atoms with Crippen LogP contribution in [0.5, 0.6) is 0 Å². The molecule has 0 saturated heterocycles. The van der Waals surface area contributed by atoms with Crippen molar-refractivity contribution < 1.29 is 4.79 Å². The highest BCUT2D eigenvalue weighted by atomic mass is 16.1. The molecule has 0 amide bonds. The van der Waals surface area contributed by atoms with E-state index in [9.17, 15) is 4.79 Å². The van der Waals surface area contributed by atoms with Crippen molar-refractivity contribution in [2.75, 3.05) is 0 Å². The molecule has 11 heavy (non-hydrogen) atoms. The molecule has 0 radical (unpaired) electrons. The molecule has 0 bridgehead atoms. The van der Waals surface area contributed by atoms with E-state index in [1.165, 1.54) is 25.3 Å². The molecule has 0 aromatic rings. The first-order chi connectivity index (χ1) is 5.31. The van der Waals surface area contributed by atoms with Crippen LogP contribution in [0.25, 0.3) is 0 Å². The Kier molecular flexibility index (Phi) is 6.79. The lowest BCUT2D eigenvalue weighted by molar-refractivity contribution is -0.104. The first kappa shape index (κ1) is 10.2. The van der Waals surface area contributed by atoms with Gasteiger partial charge in [-0.25, -0.2) is 0 Å². The van der Waals surface area contributed by atoms with E-state index in [1.54, 1.807) is 0 Å². The Morgan fingerprint density at radius 3 is 2.64 bits per heavy atom. The highest BCUT2D eigenvalue weighted by molar-refractivity contribution is 5.65. The van der Waals surface area contributed by atoms with E-state index in [2.05, 4.69) is 6.92 Å². The van der Waals surface area contributed by atoms with Gasteiger partial charge in [-0.2, -0.15) is 0 Å². The van der Waals surface area contributed by atoms with E-state index in [0.717, 1.165) is 19.1 Å². The van der Waals surface area contributed by atoms with E-state index < -0.39 is 0 Å². The Hall–Kier alpha value is -0.790. The average molecular weight is 155 g/mol. The van der Waals surface area contributed by atoms with Crippen molar-refractivity contribution in [1.29, 1.82) is 0 Å². The molecule has 0 atom stereocenters. The van der Waals surface area contributed by atoms with E-state index in [4.69, 9.17) is 5.73 Å². The van der Waals surface area contributed by atoms with Crippen LogP contribution in [0.1, 0.15) is 39.0 Å². The molecule has 64 valence electrons. The number of unbranched alkanes of at least 4 members (excludes halogenated alkanes) is 3. The van der Waals surface area contributed by atoms with Crippen molar-refractivity contribution in [2.45, 2.75) is 39.0 Å². The van der Waals surface area contributed by atoms with Crippen LogP contribution < -0.4 is 5.73 Å². The van der Waals surface area contributed by atoms with Crippen molar-refractivity contribution >= 4 is 6.29 Å². The summed E-state index contributed by atoms with van der Waals surface area (Å²) in [6.45, 7) is 2.17. The third-order valence-electron chi connectivity index (χ3n) is 1.60. The van der Waals surface area contributed by atoms with Gasteiger partial charge in [0.15, 0.2) is 0 Å². The molecule has 0 spiro atoms. The number of rotatable bonds is 6. The summed E-state index contributed by atoms with van der Waals surface area (Å²) in [5.74, 6) is 0. The molecule has 2 heteroatoms. The first-order valence-corrected chi connectivity index (χ1v) is 4.21. The van der Waals surface area contributed by atoms with Crippen LogP contribution >= 0.6 is 0 Å². The maximum Gasteiger partial charge on any atom is 0.144 e. The van der Waals surface area contributed by atoms with Crippen molar-refractivity contribution in [3.05, 3.63) is 11.8 Å². The minimum Gasteiger partial charge on any atom is -0.402 e. The highest BCUT2D eigenvalue weighted by Crippen LogP contribution is 2.05. The van der Waals surface area contributed by atoms with Gasteiger partial charge in [-0.1, -0.05) is 26.2 Å². The second-order valence-corrected chi connectivity index (χ2v) is 2.69. The van der Waals surface area contributed by atoms with Gasteiger partial charge in [0.1, 0.15) is 6.29 Å². The van der Waals surface area contributed by atoms with Crippen LogP contribution in [0, 0.1) is 0 Å². The van der Waals surface area contributed by atoms with Gasteiger partial charge in [-0.15, -0.1) is 0 Å². The minimum absolute atomic E-state index is 0.705. The Balaban J connectivity index is 3.23. The zero-order valence-electron chi connectivity index (χ0n) is 7.18. The third-order valence-corrected chi connectivity index (χ3v) is 1.60. The van der Waals surface area contributed by atoms with Crippen LogP contribution in [0.3, 0.4) is 0 Å². The molecule has 0 aliphatic carbocycles. The topological polar surface area (TPSA) is 43.1 Å². The lowest BCUT2D eigenvalue weighted by Gasteiger charge is -1.98. The largest absolute Gasteiger partial charge is 0.402 e. The fraction of sp³-hybridized carbons (Fsp3) is 0.667. The van der Waals surface area contributed by atoms with Crippen LogP contribution in [0.15, 0.2) is 11.8 Å². The van der Waals surface area contributed by atoms with Gasteiger partial charge in [0, 0.05) is 5.70 Å². The molecule has 0 heterocycles. The van der Waals surface area contributed by atoms with Gasteiger partial charge >= 0.3 is 0 Å². The lowest BCUT2D eigenvalue weighted by Crippen LogP contribution is -1.97. The first-order valence-electron chi connectivity index (χ1n) is 4.21. The SMILES string of the molecule is CCCCCCC(N)=CC=O. The summed E-state index contributed by atoms with van der Waals surface area (Å²) in [6.07, 6.45) is 7.85. The number of allylic oxidation sites excluding steroid dienone is 2. The van der Waals surface area contributed by atoms with Gasteiger partial charge in [-0.05, 0) is 18.9 Å². The van der Waals surface area contributed by atoms with Crippen LogP contribution in [-0.4, -0.2) is 6.29 Å². The standard InChI is InChI=1S/C9H17NO/c1-2-3-4-5-6-9(10)7-8-11/h7-8H,2-6,10H2,1H3. The fourth-order valence-electron chi connectivity index (χ4n) is 0.927. The Labute approximate surface area is 68.5 Å². The van der Waals surface area contributed by atoms with Gasteiger partial charge < -0.3 is 5.73 Å². The summed E-state index contributed by atoms with van der Waals surface area (Å²) in [7, 11) is 0. The van der Waals surface area contributed by atoms with Crippen LogP contribution in [0.4, 0.5) is 0 Å². The fourth-order valence-corrected chi connectivity index (χ4v) is 0.927. The van der Waals surface area contributed by atoms with E-state index in [0.29, 0.717) is 5.70 Å². The van der Waals surface area contributed by atoms with Gasteiger partial charge in [0.25, 0.3) is 0 Å². The van der Waals surface area contributed by atoms with E-state index >= 15 is 0 Å². The van der Waals surface area contributed by atoms with Crippen molar-refractivity contribution in [1.82, 2.24) is 0 Å². The summed E-state index contributed by atoms with van der Waals surface area (Å²) in [4.78, 5) is 9.95. The van der Waals surface area contributed by atoms with Gasteiger partial charge in [-0.3, -0.25) is 4.79 Å². The molecular formula is C9H17NO. The highest BCUT2D eigenvalue weighted by Gasteiger charge is 1.90. The van der Waals surface area contributed by atoms with Crippen molar-refractivity contribution in [3.63, 3.8) is 0 Å². The second-order valence-electron chi connectivity index (χ2n) is 2.69. The molecule has 0 fully saturated rings. The zero-order valence-corrected chi connectivity index (χ0v) is 7.18. The average Bonchev–Trinajstić information content (AvgIpc) is 1.99. The molecule has 0 saturated carbocycles. The van der Waals surface area contributed by atoms with Gasteiger partial charge in [0.2, 0.25) is 0 Å². The third kappa shape index (κ3) is 7.10. The molecular weight excluding hydrogens is 138 g/mol. The molecule has 0 aromatic carbocycles. The summed E-state index contributed by atoms with van der Waals surface area (Å²) in [5, 5.41) is 0. The summed E-state index contributed by atoms with van der Waals surface area (Å²) in [5.41, 5.74) is 6.20. The van der Waals surface area contributed by atoms with Crippen molar-refractivity contribution in [2.24, 2.45) is 5.73 Å². The Morgan fingerprint density at radius 1 is 1.36 bits per heavy atom. The van der Waals surface area contributed by atoms with E-state index in [-0.39, 0.29) is 0 Å². The molecule has 0 aromatic heterocycles. The Bertz CT molecular complexity index is 130. The number of hydrogen-bond acceptors (Lipinski definition) is 2. The number of carbonyl (C=O) groups excluding carboxylic acids is 1. The maximum absolute atomic E-state index is 9.95. The Morgan fingerprint density at radius 2 is 2.09 bits per heavy atom. The van der Waals surface area contributed by atoms with Crippen LogP contribution in [-0.2, 0) is 4.79 Å². The smallest absolute Gasteiger partial charge is 0.144 e. The maximum atomic E-state index is 9.95. The molecule has 0 aliphatic rings. The second kappa shape index (κ2) is 7.32. The lowest BCUT2D eigenvalue weighted by atomic mass is 10.1. The van der Waals surface area contributed by atoms with Crippen LogP contribution in [0.2, 0.25) is 0 Å². The monoisotopic (exact) mass is 155 g/mol.